The number of aromatic nitrogens is 1. The number of carboxylic acid groups (broad SMARTS) is 2. The normalized spacial score (nSPS) is 12.6. The minimum atomic E-state index is -0.972. The third kappa shape index (κ3) is 10.6. The standard InChI is InChI=1S/C11H12N2O2.C9H12N2O2.C9H11NO2/c12-9(11(14)15)5-7-6-13-10-4-2-1-3-8(7)10;10-8(9(11)13)5-6-1-3-7(12)4-2-6;10-8(9(11)12)6-7-4-2-1-3-5-7/h1-4,6,9,13H,5,12H2,(H,14,15);1-4,8,12H,5,10H2,(H2,11,13);1-5,8H,6,10H2,(H,11,12)/t9-;2*8-/m000/s1. The van der Waals surface area contributed by atoms with Crippen molar-refractivity contribution in [1.29, 1.82) is 0 Å². The summed E-state index contributed by atoms with van der Waals surface area (Å²) in [6.07, 6.45) is 2.94. The molecule has 3 aromatic carbocycles. The summed E-state index contributed by atoms with van der Waals surface area (Å²) in [6, 6.07) is 21.3. The van der Waals surface area contributed by atoms with Gasteiger partial charge in [-0.1, -0.05) is 60.7 Å². The number of nitrogens with one attached hydrogen (secondary N) is 1. The van der Waals surface area contributed by atoms with Crippen molar-refractivity contribution in [2.45, 2.75) is 37.4 Å². The number of carboxylic acids is 2. The van der Waals surface area contributed by atoms with Gasteiger partial charge in [-0.05, 0) is 47.7 Å². The molecule has 0 saturated heterocycles. The van der Waals surface area contributed by atoms with E-state index in [1.165, 1.54) is 0 Å². The third-order valence-corrected chi connectivity index (χ3v) is 5.80. The zero-order chi connectivity index (χ0) is 29.7. The summed E-state index contributed by atoms with van der Waals surface area (Å²) in [5.41, 5.74) is 25.1. The van der Waals surface area contributed by atoms with Crippen molar-refractivity contribution in [3.63, 3.8) is 0 Å². The van der Waals surface area contributed by atoms with Gasteiger partial charge in [0, 0.05) is 23.5 Å². The highest BCUT2D eigenvalue weighted by molar-refractivity contribution is 5.84. The lowest BCUT2D eigenvalue weighted by Gasteiger charge is -2.06. The molecule has 212 valence electrons. The van der Waals surface area contributed by atoms with Gasteiger partial charge in [0.2, 0.25) is 5.91 Å². The molecular formula is C29H35N5O6. The number of aliphatic carboxylic acids is 2. The van der Waals surface area contributed by atoms with Crippen LogP contribution < -0.4 is 22.9 Å². The summed E-state index contributed by atoms with van der Waals surface area (Å²) in [4.78, 5) is 34.7. The van der Waals surface area contributed by atoms with Crippen LogP contribution in [0.2, 0.25) is 0 Å². The van der Waals surface area contributed by atoms with Crippen LogP contribution in [0.5, 0.6) is 5.75 Å². The highest BCUT2D eigenvalue weighted by atomic mass is 16.4. The quantitative estimate of drug-likeness (QED) is 0.151. The Morgan fingerprint density at radius 2 is 1.18 bits per heavy atom. The fourth-order valence-corrected chi connectivity index (χ4v) is 3.57. The molecule has 11 nitrogen and oxygen atoms in total. The minimum Gasteiger partial charge on any atom is -0.508 e. The first-order chi connectivity index (χ1) is 19.0. The molecule has 4 rings (SSSR count). The number of amides is 1. The Morgan fingerprint density at radius 1 is 0.675 bits per heavy atom. The van der Waals surface area contributed by atoms with Gasteiger partial charge in [-0.3, -0.25) is 14.4 Å². The van der Waals surface area contributed by atoms with Gasteiger partial charge >= 0.3 is 11.9 Å². The number of hydrogen-bond donors (Lipinski definition) is 8. The molecule has 0 fully saturated rings. The highest BCUT2D eigenvalue weighted by Gasteiger charge is 2.14. The molecule has 4 aromatic rings. The Morgan fingerprint density at radius 3 is 1.75 bits per heavy atom. The number of rotatable bonds is 9. The van der Waals surface area contributed by atoms with Gasteiger partial charge in [-0.25, -0.2) is 0 Å². The van der Waals surface area contributed by atoms with Crippen LogP contribution in [0, 0.1) is 0 Å². The Bertz CT molecular complexity index is 1370. The molecule has 0 saturated carbocycles. The lowest BCUT2D eigenvalue weighted by atomic mass is 10.1. The number of H-pyrrole nitrogens is 1. The number of fused-ring (bicyclic) bond motifs is 1. The van der Waals surface area contributed by atoms with Crippen molar-refractivity contribution in [2.75, 3.05) is 0 Å². The number of aromatic hydroxyl groups is 1. The van der Waals surface area contributed by atoms with E-state index in [-0.39, 0.29) is 5.75 Å². The molecule has 0 aliphatic carbocycles. The topological polar surface area (TPSA) is 232 Å². The van der Waals surface area contributed by atoms with Crippen LogP contribution in [0.3, 0.4) is 0 Å². The zero-order valence-electron chi connectivity index (χ0n) is 21.8. The molecule has 1 aromatic heterocycles. The monoisotopic (exact) mass is 549 g/mol. The van der Waals surface area contributed by atoms with E-state index < -0.39 is 36.0 Å². The van der Waals surface area contributed by atoms with Crippen molar-refractivity contribution in [3.8, 4) is 5.75 Å². The summed E-state index contributed by atoms with van der Waals surface area (Å²) in [5.74, 6) is -2.26. The number of aromatic amines is 1. The predicted octanol–water partition coefficient (Wildman–Crippen LogP) is 1.51. The fourth-order valence-electron chi connectivity index (χ4n) is 3.57. The number of phenolic OH excluding ortho intramolecular Hbond substituents is 1. The average molecular weight is 550 g/mol. The first-order valence-electron chi connectivity index (χ1n) is 12.4. The van der Waals surface area contributed by atoms with E-state index in [2.05, 4.69) is 4.98 Å². The summed E-state index contributed by atoms with van der Waals surface area (Å²) in [5, 5.41) is 27.2. The lowest BCUT2D eigenvalue weighted by Crippen LogP contribution is -2.38. The summed E-state index contributed by atoms with van der Waals surface area (Å²) in [6.45, 7) is 0. The van der Waals surface area contributed by atoms with Crippen molar-refractivity contribution >= 4 is 28.7 Å². The number of primary amides is 1. The van der Waals surface area contributed by atoms with Crippen molar-refractivity contribution in [1.82, 2.24) is 4.98 Å². The van der Waals surface area contributed by atoms with Crippen LogP contribution >= 0.6 is 0 Å². The number of phenols is 1. The molecular weight excluding hydrogens is 514 g/mol. The fraction of sp³-hybridized carbons (Fsp3) is 0.207. The van der Waals surface area contributed by atoms with Crippen LogP contribution in [0.4, 0.5) is 0 Å². The lowest BCUT2D eigenvalue weighted by molar-refractivity contribution is -0.139. The van der Waals surface area contributed by atoms with Gasteiger partial charge in [0.1, 0.15) is 17.8 Å². The zero-order valence-corrected chi connectivity index (χ0v) is 21.8. The molecule has 40 heavy (non-hydrogen) atoms. The molecule has 3 atom stereocenters. The molecule has 0 aliphatic rings. The number of benzene rings is 3. The van der Waals surface area contributed by atoms with Crippen LogP contribution in [-0.4, -0.2) is 56.3 Å². The molecule has 0 aliphatic heterocycles. The average Bonchev–Trinajstić information content (AvgIpc) is 3.33. The predicted molar refractivity (Wildman–Crippen MR) is 152 cm³/mol. The second kappa shape index (κ2) is 15.6. The number of carbonyl (C=O) groups excluding carboxylic acids is 1. The van der Waals surface area contributed by atoms with Crippen LogP contribution in [0.15, 0.2) is 85.1 Å². The molecule has 11 heteroatoms. The molecule has 0 radical (unpaired) electrons. The molecule has 0 spiro atoms. The second-order valence-corrected chi connectivity index (χ2v) is 9.02. The van der Waals surface area contributed by atoms with E-state index >= 15 is 0 Å². The largest absolute Gasteiger partial charge is 0.508 e. The number of carbonyl (C=O) groups is 3. The summed E-state index contributed by atoms with van der Waals surface area (Å²) in [7, 11) is 0. The molecule has 1 amide bonds. The van der Waals surface area contributed by atoms with Crippen molar-refractivity contribution in [3.05, 3.63) is 102 Å². The van der Waals surface area contributed by atoms with Crippen LogP contribution in [-0.2, 0) is 33.6 Å². The first kappa shape index (κ1) is 31.5. The van der Waals surface area contributed by atoms with E-state index in [4.69, 9.17) is 38.3 Å². The highest BCUT2D eigenvalue weighted by Crippen LogP contribution is 2.18. The van der Waals surface area contributed by atoms with Crippen molar-refractivity contribution in [2.24, 2.45) is 22.9 Å². The maximum absolute atomic E-state index is 10.6. The smallest absolute Gasteiger partial charge is 0.320 e. The van der Waals surface area contributed by atoms with E-state index in [0.717, 1.165) is 27.6 Å². The molecule has 12 N–H and O–H groups in total. The van der Waals surface area contributed by atoms with Gasteiger partial charge in [0.15, 0.2) is 0 Å². The van der Waals surface area contributed by atoms with Gasteiger partial charge < -0.3 is 43.2 Å². The third-order valence-electron chi connectivity index (χ3n) is 5.80. The Labute approximate surface area is 231 Å². The second-order valence-electron chi connectivity index (χ2n) is 9.02. The maximum atomic E-state index is 10.6. The van der Waals surface area contributed by atoms with Crippen LogP contribution in [0.25, 0.3) is 10.9 Å². The molecule has 0 bridgehead atoms. The number of para-hydroxylation sites is 1. The van der Waals surface area contributed by atoms with E-state index in [9.17, 15) is 14.4 Å². The Balaban J connectivity index is 0.000000212. The Kier molecular flexibility index (Phi) is 12.3. The number of hydrogen-bond acceptors (Lipinski definition) is 7. The SMILES string of the molecule is NC(=O)[C@@H](N)Cc1ccc(O)cc1.N[C@@H](Cc1c[nH]c2ccccc12)C(=O)O.N[C@@H](Cc1ccccc1)C(=O)O. The first-order valence-corrected chi connectivity index (χ1v) is 12.4. The molecule has 1 heterocycles. The Hall–Kier alpha value is -4.71. The van der Waals surface area contributed by atoms with E-state index in [0.29, 0.717) is 19.3 Å². The number of nitrogens with two attached hydrogens (primary N) is 4. The minimum absolute atomic E-state index is 0.191. The summed E-state index contributed by atoms with van der Waals surface area (Å²) >= 11 is 0. The van der Waals surface area contributed by atoms with Gasteiger partial charge in [0.05, 0.1) is 6.04 Å². The van der Waals surface area contributed by atoms with Gasteiger partial charge in [-0.2, -0.15) is 0 Å². The summed E-state index contributed by atoms with van der Waals surface area (Å²) < 4.78 is 0. The van der Waals surface area contributed by atoms with Gasteiger partial charge in [0.25, 0.3) is 0 Å². The van der Waals surface area contributed by atoms with Gasteiger partial charge in [-0.15, -0.1) is 0 Å². The molecule has 0 unspecified atom stereocenters. The van der Waals surface area contributed by atoms with Crippen molar-refractivity contribution < 1.29 is 29.7 Å². The maximum Gasteiger partial charge on any atom is 0.320 e. The van der Waals surface area contributed by atoms with E-state index in [1.807, 2.05) is 60.8 Å². The van der Waals surface area contributed by atoms with Crippen LogP contribution in [0.1, 0.15) is 16.7 Å². The van der Waals surface area contributed by atoms with E-state index in [1.54, 1.807) is 24.3 Å².